The van der Waals surface area contributed by atoms with Crippen molar-refractivity contribution in [3.8, 4) is 16.3 Å². The van der Waals surface area contributed by atoms with Gasteiger partial charge in [0.25, 0.3) is 0 Å². The standard InChI is InChI=1S/C13H17N3OS/c1-8(2)10-6-9(4-5-11(10)17-3)13-15-12(16-14)7-18-13/h4-8,16H,14H2,1-3H3. The third-order valence-electron chi connectivity index (χ3n) is 2.75. The molecule has 18 heavy (non-hydrogen) atoms. The number of nitrogens with two attached hydrogens (primary N) is 1. The van der Waals surface area contributed by atoms with Crippen LogP contribution in [0.25, 0.3) is 10.6 Å². The van der Waals surface area contributed by atoms with Crippen LogP contribution in [0.2, 0.25) is 0 Å². The fraction of sp³-hybridized carbons (Fsp3) is 0.308. The summed E-state index contributed by atoms with van der Waals surface area (Å²) in [6.07, 6.45) is 0. The minimum atomic E-state index is 0.409. The van der Waals surface area contributed by atoms with E-state index in [1.165, 1.54) is 5.56 Å². The number of hydrogen-bond acceptors (Lipinski definition) is 5. The maximum atomic E-state index is 5.37. The molecule has 0 unspecified atom stereocenters. The molecular formula is C13H17N3OS. The van der Waals surface area contributed by atoms with Gasteiger partial charge >= 0.3 is 0 Å². The third kappa shape index (κ3) is 2.47. The van der Waals surface area contributed by atoms with E-state index in [1.807, 2.05) is 17.5 Å². The van der Waals surface area contributed by atoms with E-state index in [1.54, 1.807) is 18.4 Å². The molecule has 2 aromatic rings. The van der Waals surface area contributed by atoms with Gasteiger partial charge in [-0.2, -0.15) is 0 Å². The van der Waals surface area contributed by atoms with Crippen LogP contribution in [0.3, 0.4) is 0 Å². The van der Waals surface area contributed by atoms with E-state index < -0.39 is 0 Å². The van der Waals surface area contributed by atoms with Gasteiger partial charge in [-0.1, -0.05) is 13.8 Å². The Kier molecular flexibility index (Phi) is 3.84. The normalized spacial score (nSPS) is 10.7. The van der Waals surface area contributed by atoms with Crippen molar-refractivity contribution in [3.05, 3.63) is 29.1 Å². The van der Waals surface area contributed by atoms with Crippen LogP contribution in [-0.4, -0.2) is 12.1 Å². The van der Waals surface area contributed by atoms with Crippen molar-refractivity contribution in [1.29, 1.82) is 0 Å². The van der Waals surface area contributed by atoms with Crippen molar-refractivity contribution in [3.63, 3.8) is 0 Å². The highest BCUT2D eigenvalue weighted by Gasteiger charge is 2.11. The van der Waals surface area contributed by atoms with E-state index >= 15 is 0 Å². The molecule has 0 bridgehead atoms. The maximum absolute atomic E-state index is 5.37. The Morgan fingerprint density at radius 2 is 2.17 bits per heavy atom. The van der Waals surface area contributed by atoms with Gasteiger partial charge in [-0.05, 0) is 29.7 Å². The van der Waals surface area contributed by atoms with Crippen LogP contribution in [0.5, 0.6) is 5.75 Å². The lowest BCUT2D eigenvalue weighted by Gasteiger charge is -2.12. The first-order valence-corrected chi connectivity index (χ1v) is 6.64. The minimum absolute atomic E-state index is 0.409. The summed E-state index contributed by atoms with van der Waals surface area (Å²) in [6.45, 7) is 4.30. The summed E-state index contributed by atoms with van der Waals surface area (Å²) in [5.74, 6) is 7.36. The van der Waals surface area contributed by atoms with Crippen molar-refractivity contribution in [2.24, 2.45) is 5.84 Å². The number of anilines is 1. The van der Waals surface area contributed by atoms with Crippen molar-refractivity contribution >= 4 is 17.2 Å². The number of hydrogen-bond donors (Lipinski definition) is 2. The summed E-state index contributed by atoms with van der Waals surface area (Å²) in [5.41, 5.74) is 4.83. The largest absolute Gasteiger partial charge is 0.496 e. The van der Waals surface area contributed by atoms with E-state index in [4.69, 9.17) is 10.6 Å². The van der Waals surface area contributed by atoms with Gasteiger partial charge in [0.1, 0.15) is 10.8 Å². The van der Waals surface area contributed by atoms with Crippen LogP contribution < -0.4 is 16.0 Å². The van der Waals surface area contributed by atoms with Gasteiger partial charge in [-0.25, -0.2) is 10.8 Å². The molecule has 0 aliphatic rings. The number of rotatable bonds is 4. The lowest BCUT2D eigenvalue weighted by atomic mass is 10.00. The summed E-state index contributed by atoms with van der Waals surface area (Å²) in [7, 11) is 1.70. The molecule has 1 aromatic heterocycles. The molecular weight excluding hydrogens is 246 g/mol. The fourth-order valence-electron chi connectivity index (χ4n) is 1.79. The molecule has 0 amide bonds. The molecule has 2 rings (SSSR count). The zero-order chi connectivity index (χ0) is 13.1. The fourth-order valence-corrected chi connectivity index (χ4v) is 2.55. The molecule has 0 atom stereocenters. The molecule has 0 aliphatic heterocycles. The van der Waals surface area contributed by atoms with Crippen molar-refractivity contribution < 1.29 is 4.74 Å². The number of ether oxygens (including phenoxy) is 1. The highest BCUT2D eigenvalue weighted by Crippen LogP contribution is 2.33. The number of nitrogen functional groups attached to an aromatic ring is 1. The highest BCUT2D eigenvalue weighted by molar-refractivity contribution is 7.13. The van der Waals surface area contributed by atoms with E-state index in [0.717, 1.165) is 16.3 Å². The molecule has 1 heterocycles. The van der Waals surface area contributed by atoms with Crippen molar-refractivity contribution in [1.82, 2.24) is 4.98 Å². The summed E-state index contributed by atoms with van der Waals surface area (Å²) in [5, 5.41) is 2.85. The molecule has 3 N–H and O–H groups in total. The van der Waals surface area contributed by atoms with Gasteiger partial charge in [0, 0.05) is 10.9 Å². The van der Waals surface area contributed by atoms with Gasteiger partial charge in [0.15, 0.2) is 5.82 Å². The number of benzene rings is 1. The summed E-state index contributed by atoms with van der Waals surface area (Å²) in [6, 6.07) is 6.13. The lowest BCUT2D eigenvalue weighted by Crippen LogP contribution is -2.06. The van der Waals surface area contributed by atoms with Crippen LogP contribution in [0.4, 0.5) is 5.82 Å². The van der Waals surface area contributed by atoms with Crippen LogP contribution >= 0.6 is 11.3 Å². The molecule has 1 aromatic carbocycles. The van der Waals surface area contributed by atoms with Gasteiger partial charge in [-0.3, -0.25) is 0 Å². The quantitative estimate of drug-likeness (QED) is 0.657. The molecule has 0 saturated carbocycles. The molecule has 0 spiro atoms. The lowest BCUT2D eigenvalue weighted by molar-refractivity contribution is 0.407. The highest BCUT2D eigenvalue weighted by atomic mass is 32.1. The van der Waals surface area contributed by atoms with Crippen LogP contribution in [0, 0.1) is 0 Å². The Morgan fingerprint density at radius 3 is 2.72 bits per heavy atom. The topological polar surface area (TPSA) is 60.2 Å². The molecule has 96 valence electrons. The van der Waals surface area contributed by atoms with E-state index in [0.29, 0.717) is 11.7 Å². The monoisotopic (exact) mass is 263 g/mol. The van der Waals surface area contributed by atoms with Crippen molar-refractivity contribution in [2.75, 3.05) is 12.5 Å². The Bertz CT molecular complexity index is 537. The number of methoxy groups -OCH3 is 1. The van der Waals surface area contributed by atoms with E-state index in [-0.39, 0.29) is 0 Å². The second-order valence-electron chi connectivity index (χ2n) is 4.29. The van der Waals surface area contributed by atoms with Gasteiger partial charge in [0.2, 0.25) is 0 Å². The van der Waals surface area contributed by atoms with Crippen LogP contribution in [-0.2, 0) is 0 Å². The molecule has 0 radical (unpaired) electrons. The Hall–Kier alpha value is -1.59. The van der Waals surface area contributed by atoms with Gasteiger partial charge < -0.3 is 10.2 Å². The first-order chi connectivity index (χ1) is 8.65. The second kappa shape index (κ2) is 5.37. The predicted octanol–water partition coefficient (Wildman–Crippen LogP) is 3.23. The van der Waals surface area contributed by atoms with Gasteiger partial charge in [-0.15, -0.1) is 11.3 Å². The minimum Gasteiger partial charge on any atom is -0.496 e. The Labute approximate surface area is 111 Å². The number of aromatic nitrogens is 1. The number of nitrogens with zero attached hydrogens (tertiary/aromatic N) is 1. The number of thiazole rings is 1. The Balaban J connectivity index is 2.42. The zero-order valence-corrected chi connectivity index (χ0v) is 11.5. The van der Waals surface area contributed by atoms with Crippen LogP contribution in [0.15, 0.2) is 23.6 Å². The molecule has 4 nitrogen and oxygen atoms in total. The molecule has 5 heteroatoms. The summed E-state index contributed by atoms with van der Waals surface area (Å²) >= 11 is 1.57. The SMILES string of the molecule is COc1ccc(-c2nc(NN)cs2)cc1C(C)C. The number of nitrogens with one attached hydrogen (secondary N) is 1. The third-order valence-corrected chi connectivity index (χ3v) is 3.64. The predicted molar refractivity (Wildman–Crippen MR) is 76.0 cm³/mol. The zero-order valence-electron chi connectivity index (χ0n) is 10.7. The Morgan fingerprint density at radius 1 is 1.39 bits per heavy atom. The van der Waals surface area contributed by atoms with E-state index in [9.17, 15) is 0 Å². The first-order valence-electron chi connectivity index (χ1n) is 5.76. The molecule has 0 fully saturated rings. The van der Waals surface area contributed by atoms with Crippen LogP contribution in [0.1, 0.15) is 25.3 Å². The summed E-state index contributed by atoms with van der Waals surface area (Å²) in [4.78, 5) is 4.40. The molecule has 0 aliphatic carbocycles. The maximum Gasteiger partial charge on any atom is 0.151 e. The van der Waals surface area contributed by atoms with Gasteiger partial charge in [0.05, 0.1) is 7.11 Å². The van der Waals surface area contributed by atoms with E-state index in [2.05, 4.69) is 30.3 Å². The number of hydrazine groups is 1. The van der Waals surface area contributed by atoms with Crippen molar-refractivity contribution in [2.45, 2.75) is 19.8 Å². The second-order valence-corrected chi connectivity index (χ2v) is 5.15. The average molecular weight is 263 g/mol. The average Bonchev–Trinajstić information content (AvgIpc) is 2.86. The summed E-state index contributed by atoms with van der Waals surface area (Å²) < 4.78 is 5.37. The smallest absolute Gasteiger partial charge is 0.151 e. The molecule has 0 saturated heterocycles. The first kappa shape index (κ1) is 12.9.